The number of H-pyrrole nitrogens is 1. The Hall–Kier alpha value is -3.29. The van der Waals surface area contributed by atoms with Crippen molar-refractivity contribution in [1.29, 1.82) is 0 Å². The highest BCUT2D eigenvalue weighted by molar-refractivity contribution is 6.03. The molecule has 0 aliphatic rings. The van der Waals surface area contributed by atoms with Gasteiger partial charge < -0.3 is 11.1 Å². The second-order valence-electron chi connectivity index (χ2n) is 5.53. The summed E-state index contributed by atoms with van der Waals surface area (Å²) >= 11 is 0. The number of nitrogens with one attached hydrogen (secondary N) is 2. The molecule has 1 aromatic heterocycles. The number of aromatic nitrogens is 2. The second-order valence-corrected chi connectivity index (χ2v) is 5.53. The number of benzene rings is 2. The summed E-state index contributed by atoms with van der Waals surface area (Å²) in [5, 5.41) is 9.05. The van der Waals surface area contributed by atoms with E-state index in [1.807, 2.05) is 0 Å². The van der Waals surface area contributed by atoms with Gasteiger partial charge in [-0.2, -0.15) is 5.10 Å². The van der Waals surface area contributed by atoms with Crippen LogP contribution in [0.4, 0.5) is 8.78 Å². The minimum atomic E-state index is -0.949. The van der Waals surface area contributed by atoms with E-state index >= 15 is 0 Å². The lowest BCUT2D eigenvalue weighted by molar-refractivity contribution is -0.119. The zero-order valence-electron chi connectivity index (χ0n) is 13.1. The van der Waals surface area contributed by atoms with E-state index in [2.05, 4.69) is 15.5 Å². The number of halogens is 2. The highest BCUT2D eigenvalue weighted by Gasteiger charge is 2.21. The van der Waals surface area contributed by atoms with E-state index in [1.54, 1.807) is 6.07 Å². The maximum absolute atomic E-state index is 14.9. The number of amides is 2. The zero-order chi connectivity index (χ0) is 18.1. The van der Waals surface area contributed by atoms with Crippen LogP contribution in [0.2, 0.25) is 0 Å². The fourth-order valence-electron chi connectivity index (χ4n) is 2.44. The summed E-state index contributed by atoms with van der Waals surface area (Å²) in [5.74, 6) is -2.83. The summed E-state index contributed by atoms with van der Waals surface area (Å²) in [5.41, 5.74) is 5.74. The molecule has 0 fully saturated rings. The first-order valence-corrected chi connectivity index (χ1v) is 7.41. The van der Waals surface area contributed by atoms with Crippen LogP contribution in [0.15, 0.2) is 36.4 Å². The van der Waals surface area contributed by atoms with E-state index in [9.17, 15) is 18.4 Å². The van der Waals surface area contributed by atoms with Gasteiger partial charge in [-0.3, -0.25) is 14.7 Å². The first-order valence-electron chi connectivity index (χ1n) is 7.41. The third-order valence-corrected chi connectivity index (χ3v) is 3.78. The molecule has 0 radical (unpaired) electrons. The number of hydrogen-bond acceptors (Lipinski definition) is 3. The number of hydrogen-bond donors (Lipinski definition) is 3. The van der Waals surface area contributed by atoms with Gasteiger partial charge in [0.1, 0.15) is 23.4 Å². The van der Waals surface area contributed by atoms with Crippen molar-refractivity contribution < 1.29 is 18.4 Å². The van der Waals surface area contributed by atoms with Gasteiger partial charge in [-0.15, -0.1) is 0 Å². The minimum Gasteiger partial charge on any atom is -0.368 e. The number of aromatic amines is 1. The topological polar surface area (TPSA) is 101 Å². The van der Waals surface area contributed by atoms with Gasteiger partial charge in [0.05, 0.1) is 16.5 Å². The molecule has 0 saturated heterocycles. The Morgan fingerprint density at radius 3 is 2.68 bits per heavy atom. The van der Waals surface area contributed by atoms with Crippen molar-refractivity contribution in [2.75, 3.05) is 0 Å². The van der Waals surface area contributed by atoms with E-state index in [1.165, 1.54) is 37.3 Å². The number of fused-ring (bicyclic) bond motifs is 1. The summed E-state index contributed by atoms with van der Waals surface area (Å²) in [6.07, 6.45) is 0. The molecule has 0 aliphatic carbocycles. The van der Waals surface area contributed by atoms with Crippen molar-refractivity contribution in [1.82, 2.24) is 15.5 Å². The zero-order valence-corrected chi connectivity index (χ0v) is 13.1. The molecule has 6 nitrogen and oxygen atoms in total. The fraction of sp³-hybridized carbons (Fsp3) is 0.118. The molecular weight excluding hydrogens is 330 g/mol. The number of carbonyl (C=O) groups is 2. The quantitative estimate of drug-likeness (QED) is 0.676. The van der Waals surface area contributed by atoms with Crippen LogP contribution in [0.3, 0.4) is 0 Å². The predicted molar refractivity (Wildman–Crippen MR) is 87.6 cm³/mol. The molecule has 0 unspecified atom stereocenters. The Balaban J connectivity index is 2.09. The highest BCUT2D eigenvalue weighted by atomic mass is 19.1. The van der Waals surface area contributed by atoms with Crippen LogP contribution in [0.1, 0.15) is 17.3 Å². The van der Waals surface area contributed by atoms with E-state index in [0.717, 1.165) is 0 Å². The molecule has 0 saturated carbocycles. The van der Waals surface area contributed by atoms with Gasteiger partial charge in [0.15, 0.2) is 0 Å². The molecule has 4 N–H and O–H groups in total. The summed E-state index contributed by atoms with van der Waals surface area (Å²) in [7, 11) is 0. The van der Waals surface area contributed by atoms with Crippen LogP contribution in [0.25, 0.3) is 22.2 Å². The smallest absolute Gasteiger partial charge is 0.254 e. The van der Waals surface area contributed by atoms with Crippen molar-refractivity contribution >= 4 is 22.7 Å². The number of rotatable bonds is 4. The lowest BCUT2D eigenvalue weighted by atomic mass is 10.0. The van der Waals surface area contributed by atoms with Crippen molar-refractivity contribution in [3.05, 3.63) is 53.6 Å². The molecule has 2 amide bonds. The van der Waals surface area contributed by atoms with Crippen molar-refractivity contribution in [3.63, 3.8) is 0 Å². The number of nitrogens with two attached hydrogens (primary N) is 1. The standard InChI is InChI=1S/C17H14F2N4O2/c1-8(16(20)24)21-17(25)11-5-6-12-13(14(11)19)15(23-22-12)9-3-2-4-10(18)7-9/h2-8H,1H3,(H2,20,24)(H,21,25)(H,22,23)/t8-/m0/s1. The largest absolute Gasteiger partial charge is 0.368 e. The number of nitrogens with zero attached hydrogens (tertiary/aromatic N) is 1. The summed E-state index contributed by atoms with van der Waals surface area (Å²) in [6, 6.07) is 7.35. The van der Waals surface area contributed by atoms with Crippen LogP contribution in [0, 0.1) is 11.6 Å². The third-order valence-electron chi connectivity index (χ3n) is 3.78. The predicted octanol–water partition coefficient (Wildman–Crippen LogP) is 2.11. The van der Waals surface area contributed by atoms with Crippen molar-refractivity contribution in [3.8, 4) is 11.3 Å². The number of primary amides is 1. The van der Waals surface area contributed by atoms with Gasteiger partial charge >= 0.3 is 0 Å². The Bertz CT molecular complexity index is 984. The van der Waals surface area contributed by atoms with Gasteiger partial charge in [0, 0.05) is 5.56 Å². The molecule has 128 valence electrons. The molecule has 8 heteroatoms. The summed E-state index contributed by atoms with van der Waals surface area (Å²) < 4.78 is 28.4. The molecule has 0 spiro atoms. The van der Waals surface area contributed by atoms with E-state index < -0.39 is 29.5 Å². The Kier molecular flexibility index (Phi) is 4.18. The van der Waals surface area contributed by atoms with Gasteiger partial charge in [-0.25, -0.2) is 8.78 Å². The Morgan fingerprint density at radius 2 is 2.00 bits per heavy atom. The molecule has 1 heterocycles. The molecule has 1 atom stereocenters. The SMILES string of the molecule is C[C@H](NC(=O)c1ccc2[nH]nc(-c3cccc(F)c3)c2c1F)C(N)=O. The molecule has 3 aromatic rings. The molecule has 0 bridgehead atoms. The van der Waals surface area contributed by atoms with Gasteiger partial charge in [0.2, 0.25) is 5.91 Å². The van der Waals surface area contributed by atoms with Crippen molar-refractivity contribution in [2.24, 2.45) is 5.73 Å². The third kappa shape index (κ3) is 3.06. The lowest BCUT2D eigenvalue weighted by Crippen LogP contribution is -2.42. The van der Waals surface area contributed by atoms with E-state index in [4.69, 9.17) is 5.73 Å². The average molecular weight is 344 g/mol. The maximum atomic E-state index is 14.9. The normalized spacial score (nSPS) is 12.1. The van der Waals surface area contributed by atoms with Gasteiger partial charge in [-0.05, 0) is 31.2 Å². The monoisotopic (exact) mass is 344 g/mol. The second kappa shape index (κ2) is 6.31. The van der Waals surface area contributed by atoms with Crippen LogP contribution in [-0.4, -0.2) is 28.1 Å². The Morgan fingerprint density at radius 1 is 1.24 bits per heavy atom. The first kappa shape index (κ1) is 16.6. The minimum absolute atomic E-state index is 0.0602. The maximum Gasteiger partial charge on any atom is 0.254 e. The fourth-order valence-corrected chi connectivity index (χ4v) is 2.44. The molecule has 25 heavy (non-hydrogen) atoms. The van der Waals surface area contributed by atoms with Crippen LogP contribution < -0.4 is 11.1 Å². The van der Waals surface area contributed by atoms with Crippen LogP contribution in [0.5, 0.6) is 0 Å². The van der Waals surface area contributed by atoms with E-state index in [0.29, 0.717) is 11.1 Å². The van der Waals surface area contributed by atoms with Crippen molar-refractivity contribution in [2.45, 2.75) is 13.0 Å². The summed E-state index contributed by atoms with van der Waals surface area (Å²) in [4.78, 5) is 23.3. The first-order chi connectivity index (χ1) is 11.9. The molecular formula is C17H14F2N4O2. The molecule has 2 aromatic carbocycles. The highest BCUT2D eigenvalue weighted by Crippen LogP contribution is 2.30. The van der Waals surface area contributed by atoms with Gasteiger partial charge in [-0.1, -0.05) is 12.1 Å². The van der Waals surface area contributed by atoms with Crippen LogP contribution >= 0.6 is 0 Å². The molecule has 0 aliphatic heterocycles. The summed E-state index contributed by atoms with van der Waals surface area (Å²) in [6.45, 7) is 1.40. The lowest BCUT2D eigenvalue weighted by Gasteiger charge is -2.11. The Labute approximate surface area is 141 Å². The molecule has 3 rings (SSSR count). The average Bonchev–Trinajstić information content (AvgIpc) is 2.99. The van der Waals surface area contributed by atoms with E-state index in [-0.39, 0.29) is 16.6 Å². The van der Waals surface area contributed by atoms with Crippen LogP contribution in [-0.2, 0) is 4.79 Å². The van der Waals surface area contributed by atoms with Gasteiger partial charge in [0.25, 0.3) is 5.91 Å². The number of carbonyl (C=O) groups excluding carboxylic acids is 2.